The molecule has 0 rings (SSSR count). The van der Waals surface area contributed by atoms with Crippen molar-refractivity contribution in [2.24, 2.45) is 5.73 Å². The third kappa shape index (κ3) is 9.06. The van der Waals surface area contributed by atoms with Gasteiger partial charge in [0.05, 0.1) is 12.8 Å². The minimum Gasteiger partial charge on any atom is -0.464 e. The van der Waals surface area contributed by atoms with E-state index in [9.17, 15) is 9.36 Å². The number of carbonyl (C=O) groups is 1. The summed E-state index contributed by atoms with van der Waals surface area (Å²) in [5.41, 5.74) is 5.89. The Morgan fingerprint density at radius 3 is 2.59 bits per heavy atom. The molecular formula is C10H20NO5P. The number of nitrogens with two attached hydrogens (primary N) is 1. The van der Waals surface area contributed by atoms with E-state index in [0.717, 1.165) is 12.8 Å². The first-order valence-electron chi connectivity index (χ1n) is 5.40. The van der Waals surface area contributed by atoms with Gasteiger partial charge >= 0.3 is 13.6 Å². The predicted octanol–water partition coefficient (Wildman–Crippen LogP) is 0.781. The van der Waals surface area contributed by atoms with E-state index in [4.69, 9.17) is 20.3 Å². The molecule has 0 saturated carbocycles. The fraction of sp³-hybridized carbons (Fsp3) is 0.700. The maximum atomic E-state index is 11.3. The van der Waals surface area contributed by atoms with Crippen LogP contribution >= 0.6 is 7.60 Å². The molecule has 0 radical (unpaired) electrons. The van der Waals surface area contributed by atoms with Crippen LogP contribution in [0.15, 0.2) is 11.6 Å². The summed E-state index contributed by atoms with van der Waals surface area (Å²) in [6.07, 6.45) is 2.59. The number of ether oxygens (including phenoxy) is 1. The number of allylic oxidation sites excluding steroid dienone is 1. The van der Waals surface area contributed by atoms with E-state index in [1.165, 1.54) is 13.0 Å². The highest BCUT2D eigenvalue weighted by Gasteiger charge is 2.17. The van der Waals surface area contributed by atoms with E-state index in [1.807, 2.05) is 6.92 Å². The monoisotopic (exact) mass is 265 g/mol. The van der Waals surface area contributed by atoms with E-state index in [1.54, 1.807) is 0 Å². The summed E-state index contributed by atoms with van der Waals surface area (Å²) in [6.45, 7) is 3.80. The quantitative estimate of drug-likeness (QED) is 0.271. The van der Waals surface area contributed by atoms with Crippen molar-refractivity contribution >= 4 is 13.6 Å². The molecule has 6 nitrogen and oxygen atoms in total. The van der Waals surface area contributed by atoms with Crippen molar-refractivity contribution in [2.75, 3.05) is 12.8 Å². The Hall–Kier alpha value is -0.680. The summed E-state index contributed by atoms with van der Waals surface area (Å²) in [4.78, 5) is 28.8. The Bertz CT molecular complexity index is 323. The largest absolute Gasteiger partial charge is 0.464 e. The van der Waals surface area contributed by atoms with Gasteiger partial charge in [-0.2, -0.15) is 0 Å². The van der Waals surface area contributed by atoms with Crippen molar-refractivity contribution in [3.05, 3.63) is 11.6 Å². The molecule has 0 bridgehead atoms. The lowest BCUT2D eigenvalue weighted by Crippen LogP contribution is -2.31. The minimum absolute atomic E-state index is 0.314. The Balaban J connectivity index is 4.22. The van der Waals surface area contributed by atoms with Crippen molar-refractivity contribution in [3.63, 3.8) is 0 Å². The summed E-state index contributed by atoms with van der Waals surface area (Å²) >= 11 is 0. The normalized spacial score (nSPS) is 14.5. The van der Waals surface area contributed by atoms with Gasteiger partial charge in [-0.3, -0.25) is 9.36 Å². The van der Waals surface area contributed by atoms with E-state index in [-0.39, 0.29) is 0 Å². The Labute approximate surface area is 101 Å². The molecule has 0 aliphatic carbocycles. The SMILES string of the molecule is CCCCOC(=O)C(N)/C=C(\C)CP(=O)(O)O. The molecule has 0 aliphatic rings. The van der Waals surface area contributed by atoms with Crippen LogP contribution < -0.4 is 5.73 Å². The van der Waals surface area contributed by atoms with Gasteiger partial charge in [0.1, 0.15) is 6.04 Å². The molecule has 0 aromatic rings. The molecular weight excluding hydrogens is 245 g/mol. The summed E-state index contributed by atoms with van der Waals surface area (Å²) < 4.78 is 15.6. The molecule has 0 aromatic heterocycles. The average molecular weight is 265 g/mol. The number of esters is 1. The van der Waals surface area contributed by atoms with E-state index < -0.39 is 25.8 Å². The zero-order chi connectivity index (χ0) is 13.5. The van der Waals surface area contributed by atoms with Crippen LogP contribution in [0.3, 0.4) is 0 Å². The van der Waals surface area contributed by atoms with Crippen LogP contribution in [-0.4, -0.2) is 34.6 Å². The first kappa shape index (κ1) is 16.3. The van der Waals surface area contributed by atoms with Crippen LogP contribution in [0.5, 0.6) is 0 Å². The average Bonchev–Trinajstić information content (AvgIpc) is 2.14. The number of rotatable bonds is 7. The van der Waals surface area contributed by atoms with Crippen molar-refractivity contribution in [1.29, 1.82) is 0 Å². The van der Waals surface area contributed by atoms with Crippen LogP contribution in [-0.2, 0) is 14.1 Å². The molecule has 0 aliphatic heterocycles. The van der Waals surface area contributed by atoms with Gasteiger partial charge in [-0.05, 0) is 13.3 Å². The second-order valence-corrected chi connectivity index (χ2v) is 5.53. The van der Waals surface area contributed by atoms with E-state index in [2.05, 4.69) is 0 Å². The third-order valence-electron chi connectivity index (χ3n) is 1.93. The molecule has 0 fully saturated rings. The Kier molecular flexibility index (Phi) is 7.30. The van der Waals surface area contributed by atoms with Crippen LogP contribution in [0, 0.1) is 0 Å². The minimum atomic E-state index is -4.11. The first-order valence-corrected chi connectivity index (χ1v) is 7.20. The van der Waals surface area contributed by atoms with Crippen LogP contribution in [0.1, 0.15) is 26.7 Å². The zero-order valence-corrected chi connectivity index (χ0v) is 11.0. The number of hydrogen-bond donors (Lipinski definition) is 3. The highest BCUT2D eigenvalue weighted by Crippen LogP contribution is 2.36. The number of unbranched alkanes of at least 4 members (excludes halogenated alkanes) is 1. The molecule has 17 heavy (non-hydrogen) atoms. The van der Waals surface area contributed by atoms with Gasteiger partial charge < -0.3 is 20.3 Å². The first-order chi connectivity index (χ1) is 7.76. The van der Waals surface area contributed by atoms with Gasteiger partial charge in [-0.1, -0.05) is 25.0 Å². The lowest BCUT2D eigenvalue weighted by Gasteiger charge is -2.09. The predicted molar refractivity (Wildman–Crippen MR) is 64.5 cm³/mol. The molecule has 0 aromatic carbocycles. The molecule has 100 valence electrons. The summed E-state index contributed by atoms with van der Waals surface area (Å²) in [6, 6.07) is -0.974. The molecule has 4 N–H and O–H groups in total. The standard InChI is InChI=1S/C10H20NO5P/c1-3-4-5-16-10(12)9(11)6-8(2)7-17(13,14)15/h6,9H,3-5,7,11H2,1-2H3,(H2,13,14,15)/b8-6+. The molecule has 1 atom stereocenters. The Morgan fingerprint density at radius 1 is 1.53 bits per heavy atom. The van der Waals surface area contributed by atoms with Gasteiger partial charge in [-0.25, -0.2) is 0 Å². The van der Waals surface area contributed by atoms with Crippen LogP contribution in [0.4, 0.5) is 0 Å². The maximum Gasteiger partial charge on any atom is 0.329 e. The van der Waals surface area contributed by atoms with Gasteiger partial charge in [0.15, 0.2) is 0 Å². The van der Waals surface area contributed by atoms with Gasteiger partial charge in [0, 0.05) is 0 Å². The molecule has 7 heteroatoms. The van der Waals surface area contributed by atoms with Crippen LogP contribution in [0.2, 0.25) is 0 Å². The van der Waals surface area contributed by atoms with E-state index >= 15 is 0 Å². The van der Waals surface area contributed by atoms with E-state index in [0.29, 0.717) is 12.2 Å². The van der Waals surface area contributed by atoms with Gasteiger partial charge in [0.2, 0.25) is 0 Å². The second-order valence-electron chi connectivity index (χ2n) is 3.88. The third-order valence-corrected chi connectivity index (χ3v) is 2.84. The van der Waals surface area contributed by atoms with Gasteiger partial charge in [-0.15, -0.1) is 0 Å². The smallest absolute Gasteiger partial charge is 0.329 e. The fourth-order valence-electron chi connectivity index (χ4n) is 1.17. The lowest BCUT2D eigenvalue weighted by molar-refractivity contribution is -0.144. The fourth-order valence-corrected chi connectivity index (χ4v) is 1.92. The maximum absolute atomic E-state index is 11.3. The molecule has 0 saturated heterocycles. The summed E-state index contributed by atoms with van der Waals surface area (Å²) in [5, 5.41) is 0. The number of hydrogen-bond acceptors (Lipinski definition) is 4. The Morgan fingerprint density at radius 2 is 2.12 bits per heavy atom. The van der Waals surface area contributed by atoms with Crippen molar-refractivity contribution in [1.82, 2.24) is 0 Å². The van der Waals surface area contributed by atoms with Crippen molar-refractivity contribution < 1.29 is 23.9 Å². The molecule has 0 amide bonds. The summed E-state index contributed by atoms with van der Waals surface area (Å²) in [5.74, 6) is -0.580. The topological polar surface area (TPSA) is 110 Å². The second kappa shape index (κ2) is 7.61. The van der Waals surface area contributed by atoms with Crippen molar-refractivity contribution in [3.8, 4) is 0 Å². The molecule has 0 heterocycles. The zero-order valence-electron chi connectivity index (χ0n) is 10.1. The van der Waals surface area contributed by atoms with Crippen LogP contribution in [0.25, 0.3) is 0 Å². The van der Waals surface area contributed by atoms with Gasteiger partial charge in [0.25, 0.3) is 0 Å². The lowest BCUT2D eigenvalue weighted by atomic mass is 10.2. The highest BCUT2D eigenvalue weighted by atomic mass is 31.2. The number of carbonyl (C=O) groups excluding carboxylic acids is 1. The molecule has 0 spiro atoms. The highest BCUT2D eigenvalue weighted by molar-refractivity contribution is 7.52. The molecule has 1 unspecified atom stereocenters. The summed E-state index contributed by atoms with van der Waals surface area (Å²) in [7, 11) is -4.11. The van der Waals surface area contributed by atoms with Crippen molar-refractivity contribution in [2.45, 2.75) is 32.7 Å².